The molecule has 0 radical (unpaired) electrons. The van der Waals surface area contributed by atoms with Gasteiger partial charge in [-0.05, 0) is 40.9 Å². The number of phenolic OH excluding ortho intramolecular Hbond substituents is 1. The van der Waals surface area contributed by atoms with Crippen molar-refractivity contribution >= 4 is 5.97 Å². The summed E-state index contributed by atoms with van der Waals surface area (Å²) < 4.78 is 5.56. The molecule has 0 saturated carbocycles. The lowest BCUT2D eigenvalue weighted by Gasteiger charge is -2.30. The first-order valence-corrected chi connectivity index (χ1v) is 16.0. The number of aromatic hydroxyl groups is 1. The molecule has 0 aromatic heterocycles. The van der Waals surface area contributed by atoms with Gasteiger partial charge in [-0.15, -0.1) is 0 Å². The molecule has 1 N–H and O–H groups in total. The summed E-state index contributed by atoms with van der Waals surface area (Å²) in [5.41, 5.74) is 3.00. The number of carbonyl (C=O) groups is 1. The van der Waals surface area contributed by atoms with E-state index in [1.54, 1.807) is 6.07 Å². The average molecular weight is 531 g/mol. The highest BCUT2D eigenvalue weighted by Crippen LogP contribution is 2.39. The zero-order valence-electron chi connectivity index (χ0n) is 26.4. The zero-order chi connectivity index (χ0) is 28.4. The summed E-state index contributed by atoms with van der Waals surface area (Å²) in [6, 6.07) is 3.82. The molecular weight excluding hydrogens is 468 g/mol. The highest BCUT2D eigenvalue weighted by atomic mass is 16.5. The molecule has 0 saturated heterocycles. The first kappa shape index (κ1) is 34.5. The van der Waals surface area contributed by atoms with E-state index in [4.69, 9.17) is 4.74 Å². The third-order valence-corrected chi connectivity index (χ3v) is 7.69. The van der Waals surface area contributed by atoms with Gasteiger partial charge in [-0.1, -0.05) is 151 Å². The molecular formula is C35H62O3. The molecule has 3 nitrogen and oxygen atoms in total. The number of unbranched alkanes of at least 4 members (excludes halogenated alkanes) is 15. The van der Waals surface area contributed by atoms with Crippen molar-refractivity contribution in [3.8, 4) is 5.75 Å². The minimum atomic E-state index is -0.196. The Labute approximate surface area is 236 Å². The van der Waals surface area contributed by atoms with E-state index in [-0.39, 0.29) is 16.8 Å². The van der Waals surface area contributed by atoms with Crippen LogP contribution in [-0.2, 0) is 26.8 Å². The predicted molar refractivity (Wildman–Crippen MR) is 164 cm³/mol. The van der Waals surface area contributed by atoms with Crippen molar-refractivity contribution in [2.75, 3.05) is 6.61 Å². The molecule has 38 heavy (non-hydrogen) atoms. The van der Waals surface area contributed by atoms with Gasteiger partial charge in [0.25, 0.3) is 0 Å². The van der Waals surface area contributed by atoms with Gasteiger partial charge in [-0.3, -0.25) is 4.79 Å². The number of benzene rings is 1. The van der Waals surface area contributed by atoms with E-state index in [0.717, 1.165) is 24.0 Å². The lowest BCUT2D eigenvalue weighted by Crippen LogP contribution is -2.22. The maximum Gasteiger partial charge on any atom is 0.306 e. The van der Waals surface area contributed by atoms with Crippen LogP contribution in [0.5, 0.6) is 5.75 Å². The first-order chi connectivity index (χ1) is 18.0. The highest BCUT2D eigenvalue weighted by Gasteiger charge is 2.28. The fourth-order valence-electron chi connectivity index (χ4n) is 5.57. The first-order valence-electron chi connectivity index (χ1n) is 16.0. The van der Waals surface area contributed by atoms with Crippen molar-refractivity contribution in [3.05, 3.63) is 28.8 Å². The molecule has 0 bridgehead atoms. The SMILES string of the molecule is CCCCCCCCCCCCCCCCCCOC(=O)CCc1c(C(C)(C)C)ccc(O)c1C(C)(C)C. The second-order valence-electron chi connectivity index (χ2n) is 13.5. The van der Waals surface area contributed by atoms with Gasteiger partial charge in [0.1, 0.15) is 5.75 Å². The molecule has 3 heteroatoms. The molecule has 1 rings (SSSR count). The molecule has 0 unspecified atom stereocenters. The van der Waals surface area contributed by atoms with E-state index >= 15 is 0 Å². The van der Waals surface area contributed by atoms with Crippen LogP contribution in [0, 0.1) is 0 Å². The number of rotatable bonds is 20. The van der Waals surface area contributed by atoms with Crippen molar-refractivity contribution in [3.63, 3.8) is 0 Å². The Bertz CT molecular complexity index is 767. The average Bonchev–Trinajstić information content (AvgIpc) is 2.83. The Hall–Kier alpha value is -1.51. The monoisotopic (exact) mass is 530 g/mol. The second-order valence-corrected chi connectivity index (χ2v) is 13.5. The molecule has 0 heterocycles. The lowest BCUT2D eigenvalue weighted by molar-refractivity contribution is -0.143. The Morgan fingerprint density at radius 3 is 1.55 bits per heavy atom. The summed E-state index contributed by atoms with van der Waals surface area (Å²) in [7, 11) is 0. The van der Waals surface area contributed by atoms with Gasteiger partial charge in [0.15, 0.2) is 0 Å². The van der Waals surface area contributed by atoms with E-state index in [0.29, 0.717) is 25.2 Å². The van der Waals surface area contributed by atoms with Gasteiger partial charge in [-0.2, -0.15) is 0 Å². The standard InChI is InChI=1S/C35H62O3/c1-8-9-10-11-12-13-14-15-16-17-18-19-20-21-22-23-28-38-32(37)27-24-29-30(34(2,3)4)25-26-31(36)33(29)35(5,6)7/h25-26,36H,8-24,27-28H2,1-7H3. The second kappa shape index (κ2) is 18.7. The molecule has 220 valence electrons. The summed E-state index contributed by atoms with van der Waals surface area (Å²) in [4.78, 5) is 12.5. The normalized spacial score (nSPS) is 12.2. The number of carbonyl (C=O) groups excluding carboxylic acids is 1. The third kappa shape index (κ3) is 14.6. The van der Waals surface area contributed by atoms with E-state index < -0.39 is 0 Å². The van der Waals surface area contributed by atoms with Gasteiger partial charge >= 0.3 is 5.97 Å². The fourth-order valence-corrected chi connectivity index (χ4v) is 5.57. The smallest absolute Gasteiger partial charge is 0.306 e. The Kier molecular flexibility index (Phi) is 17.0. The van der Waals surface area contributed by atoms with Crippen LogP contribution in [0.4, 0.5) is 0 Å². The van der Waals surface area contributed by atoms with Crippen LogP contribution in [-0.4, -0.2) is 17.7 Å². The van der Waals surface area contributed by atoms with E-state index in [1.165, 1.54) is 95.5 Å². The molecule has 0 aliphatic heterocycles. The highest BCUT2D eigenvalue weighted by molar-refractivity contribution is 5.70. The fraction of sp³-hybridized carbons (Fsp3) is 0.800. The lowest BCUT2D eigenvalue weighted by atomic mass is 9.74. The molecule has 0 amide bonds. The number of ether oxygens (including phenoxy) is 1. The van der Waals surface area contributed by atoms with Crippen molar-refractivity contribution in [2.45, 2.75) is 175 Å². The third-order valence-electron chi connectivity index (χ3n) is 7.69. The topological polar surface area (TPSA) is 46.5 Å². The predicted octanol–water partition coefficient (Wildman–Crippen LogP) is 10.7. The van der Waals surface area contributed by atoms with Crippen LogP contribution in [0.25, 0.3) is 0 Å². The molecule has 0 atom stereocenters. The van der Waals surface area contributed by atoms with Gasteiger partial charge < -0.3 is 9.84 Å². The summed E-state index contributed by atoms with van der Waals surface area (Å²) in [5.74, 6) is 0.191. The van der Waals surface area contributed by atoms with Crippen molar-refractivity contribution in [2.24, 2.45) is 0 Å². The minimum Gasteiger partial charge on any atom is -0.508 e. The minimum absolute atomic E-state index is 0.0551. The summed E-state index contributed by atoms with van der Waals surface area (Å²) in [5, 5.41) is 10.6. The number of phenols is 1. The van der Waals surface area contributed by atoms with Gasteiger partial charge in [0.2, 0.25) is 0 Å². The summed E-state index contributed by atoms with van der Waals surface area (Å²) >= 11 is 0. The molecule has 0 spiro atoms. The Morgan fingerprint density at radius 1 is 0.684 bits per heavy atom. The van der Waals surface area contributed by atoms with E-state index in [1.807, 2.05) is 6.07 Å². The van der Waals surface area contributed by atoms with Gasteiger partial charge in [0.05, 0.1) is 6.61 Å². The molecule has 0 aliphatic carbocycles. The van der Waals surface area contributed by atoms with Crippen LogP contribution >= 0.6 is 0 Å². The van der Waals surface area contributed by atoms with Crippen LogP contribution in [0.3, 0.4) is 0 Å². The summed E-state index contributed by atoms with van der Waals surface area (Å²) in [6.45, 7) is 15.7. The van der Waals surface area contributed by atoms with Crippen LogP contribution in [0.1, 0.15) is 174 Å². The maximum absolute atomic E-state index is 12.5. The number of hydrogen-bond donors (Lipinski definition) is 1. The largest absolute Gasteiger partial charge is 0.508 e. The van der Waals surface area contributed by atoms with Crippen LogP contribution in [0.15, 0.2) is 12.1 Å². The van der Waals surface area contributed by atoms with E-state index in [2.05, 4.69) is 48.5 Å². The van der Waals surface area contributed by atoms with Gasteiger partial charge in [-0.25, -0.2) is 0 Å². The molecule has 1 aromatic rings. The Morgan fingerprint density at radius 2 is 1.13 bits per heavy atom. The maximum atomic E-state index is 12.5. The van der Waals surface area contributed by atoms with Gasteiger partial charge in [0, 0.05) is 12.0 Å². The zero-order valence-corrected chi connectivity index (χ0v) is 26.4. The van der Waals surface area contributed by atoms with E-state index in [9.17, 15) is 9.90 Å². The molecule has 1 aromatic carbocycles. The van der Waals surface area contributed by atoms with Crippen molar-refractivity contribution < 1.29 is 14.6 Å². The Balaban J connectivity index is 2.18. The van der Waals surface area contributed by atoms with Crippen molar-refractivity contribution in [1.29, 1.82) is 0 Å². The van der Waals surface area contributed by atoms with Crippen LogP contribution in [0.2, 0.25) is 0 Å². The quantitative estimate of drug-likeness (QED) is 0.135. The molecule has 0 fully saturated rings. The number of hydrogen-bond acceptors (Lipinski definition) is 3. The van der Waals surface area contributed by atoms with Crippen molar-refractivity contribution in [1.82, 2.24) is 0 Å². The summed E-state index contributed by atoms with van der Waals surface area (Å²) in [6.07, 6.45) is 22.4. The molecule has 0 aliphatic rings. The number of esters is 1. The van der Waals surface area contributed by atoms with Crippen LogP contribution < -0.4 is 0 Å².